The first-order chi connectivity index (χ1) is 14.0. The Morgan fingerprint density at radius 1 is 1.21 bits per heavy atom. The summed E-state index contributed by atoms with van der Waals surface area (Å²) in [6.07, 6.45) is -0.167. The topological polar surface area (TPSA) is 42.0 Å². The number of rotatable bonds is 3. The molecule has 0 aliphatic carbocycles. The van der Waals surface area contributed by atoms with Crippen LogP contribution in [0.3, 0.4) is 0 Å². The summed E-state index contributed by atoms with van der Waals surface area (Å²) in [4.78, 5) is 17.1. The van der Waals surface area contributed by atoms with Crippen LogP contribution in [0, 0.1) is 5.82 Å². The third kappa shape index (κ3) is 4.08. The van der Waals surface area contributed by atoms with Crippen molar-refractivity contribution in [2.75, 3.05) is 39.9 Å². The summed E-state index contributed by atoms with van der Waals surface area (Å²) in [7, 11) is 1.53. The van der Waals surface area contributed by atoms with Crippen LogP contribution in [0.4, 0.5) is 4.39 Å². The summed E-state index contributed by atoms with van der Waals surface area (Å²) in [5, 5.41) is 0.425. The average molecular weight is 439 g/mol. The van der Waals surface area contributed by atoms with E-state index in [2.05, 4.69) is 4.90 Å². The number of benzene rings is 2. The number of piperazine rings is 1. The van der Waals surface area contributed by atoms with Crippen LogP contribution in [-0.2, 0) is 4.74 Å². The van der Waals surface area contributed by atoms with E-state index >= 15 is 0 Å². The van der Waals surface area contributed by atoms with Gasteiger partial charge in [0.1, 0.15) is 11.6 Å². The molecule has 5 nitrogen and oxygen atoms in total. The Bertz CT molecular complexity index is 927. The van der Waals surface area contributed by atoms with E-state index < -0.39 is 5.82 Å². The van der Waals surface area contributed by atoms with E-state index in [4.69, 9.17) is 32.7 Å². The van der Waals surface area contributed by atoms with Crippen molar-refractivity contribution in [2.24, 2.45) is 0 Å². The van der Waals surface area contributed by atoms with Crippen molar-refractivity contribution in [1.82, 2.24) is 9.80 Å². The van der Waals surface area contributed by atoms with Gasteiger partial charge >= 0.3 is 0 Å². The molecule has 2 fully saturated rings. The highest BCUT2D eigenvalue weighted by atomic mass is 35.5. The molecule has 8 heteroatoms. The van der Waals surface area contributed by atoms with Crippen LogP contribution in [0.5, 0.6) is 5.75 Å². The standard InChI is InChI=1S/C21H21Cl2FN2O3/c1-28-18-4-2-3-15(20(18)23)21(27)26-8-7-25-11-19(29-12-14(25)10-26)13-5-6-17(24)16(22)9-13/h2-6,9,14,19H,7-8,10-12H2,1H3. The number of carbonyl (C=O) groups excluding carboxylic acids is 1. The van der Waals surface area contributed by atoms with Gasteiger partial charge in [0.05, 0.1) is 41.5 Å². The van der Waals surface area contributed by atoms with Crippen molar-refractivity contribution >= 4 is 29.1 Å². The highest BCUT2D eigenvalue weighted by Crippen LogP contribution is 2.31. The maximum atomic E-state index is 13.4. The van der Waals surface area contributed by atoms with Gasteiger partial charge in [-0.25, -0.2) is 4.39 Å². The van der Waals surface area contributed by atoms with Gasteiger partial charge in [-0.2, -0.15) is 0 Å². The van der Waals surface area contributed by atoms with Crippen LogP contribution in [0.25, 0.3) is 0 Å². The normalized spacial score (nSPS) is 22.3. The minimum Gasteiger partial charge on any atom is -0.495 e. The molecule has 154 valence electrons. The average Bonchev–Trinajstić information content (AvgIpc) is 2.74. The minimum atomic E-state index is -0.438. The lowest BCUT2D eigenvalue weighted by Crippen LogP contribution is -2.59. The van der Waals surface area contributed by atoms with Gasteiger partial charge in [-0.3, -0.25) is 9.69 Å². The van der Waals surface area contributed by atoms with Crippen LogP contribution in [0.2, 0.25) is 10.0 Å². The number of amides is 1. The monoisotopic (exact) mass is 438 g/mol. The van der Waals surface area contributed by atoms with E-state index in [0.717, 1.165) is 12.1 Å². The van der Waals surface area contributed by atoms with Crippen molar-refractivity contribution in [2.45, 2.75) is 12.1 Å². The predicted molar refractivity (Wildman–Crippen MR) is 109 cm³/mol. The fraction of sp³-hybridized carbons (Fsp3) is 0.381. The molecule has 2 atom stereocenters. The smallest absolute Gasteiger partial charge is 0.255 e. The Labute approximate surface area is 178 Å². The Balaban J connectivity index is 1.43. The summed E-state index contributed by atoms with van der Waals surface area (Å²) in [5.74, 6) is -0.0635. The summed E-state index contributed by atoms with van der Waals surface area (Å²) in [6, 6.07) is 9.99. The second-order valence-corrected chi connectivity index (χ2v) is 8.00. The predicted octanol–water partition coefficient (Wildman–Crippen LogP) is 4.04. The molecule has 0 saturated carbocycles. The molecule has 2 saturated heterocycles. The molecule has 0 radical (unpaired) electrons. The summed E-state index contributed by atoms with van der Waals surface area (Å²) < 4.78 is 24.7. The van der Waals surface area contributed by atoms with Crippen LogP contribution < -0.4 is 4.74 Å². The van der Waals surface area contributed by atoms with Crippen molar-refractivity contribution in [1.29, 1.82) is 0 Å². The summed E-state index contributed by atoms with van der Waals surface area (Å²) >= 11 is 12.2. The largest absolute Gasteiger partial charge is 0.495 e. The van der Waals surface area contributed by atoms with E-state index in [1.807, 2.05) is 0 Å². The summed E-state index contributed by atoms with van der Waals surface area (Å²) in [5.41, 5.74) is 1.30. The first-order valence-electron chi connectivity index (χ1n) is 9.40. The number of ether oxygens (including phenoxy) is 2. The number of methoxy groups -OCH3 is 1. The molecule has 2 aliphatic heterocycles. The van der Waals surface area contributed by atoms with Gasteiger partial charge in [-0.15, -0.1) is 0 Å². The van der Waals surface area contributed by atoms with Gasteiger partial charge in [-0.1, -0.05) is 35.3 Å². The van der Waals surface area contributed by atoms with E-state index in [1.165, 1.54) is 13.2 Å². The maximum absolute atomic E-state index is 13.4. The van der Waals surface area contributed by atoms with Crippen LogP contribution >= 0.6 is 23.2 Å². The van der Waals surface area contributed by atoms with Gasteiger partial charge in [0.15, 0.2) is 0 Å². The Hall–Kier alpha value is -1.86. The van der Waals surface area contributed by atoms with Gasteiger partial charge in [0.2, 0.25) is 0 Å². The molecular formula is C21H21Cl2FN2O3. The maximum Gasteiger partial charge on any atom is 0.255 e. The van der Waals surface area contributed by atoms with Crippen molar-refractivity contribution in [3.8, 4) is 5.75 Å². The van der Waals surface area contributed by atoms with Crippen LogP contribution in [0.15, 0.2) is 36.4 Å². The van der Waals surface area contributed by atoms with Gasteiger partial charge < -0.3 is 14.4 Å². The zero-order valence-corrected chi connectivity index (χ0v) is 17.4. The second kappa shape index (κ2) is 8.48. The van der Waals surface area contributed by atoms with Crippen molar-refractivity contribution < 1.29 is 18.7 Å². The van der Waals surface area contributed by atoms with E-state index in [-0.39, 0.29) is 23.1 Å². The SMILES string of the molecule is COc1cccc(C(=O)N2CCN3CC(c4ccc(F)c(Cl)c4)OCC3C2)c1Cl. The van der Waals surface area contributed by atoms with Crippen LogP contribution in [-0.4, -0.2) is 61.6 Å². The highest BCUT2D eigenvalue weighted by molar-refractivity contribution is 6.35. The van der Waals surface area contributed by atoms with E-state index in [0.29, 0.717) is 42.6 Å². The Kier molecular flexibility index (Phi) is 5.97. The molecule has 4 rings (SSSR count). The van der Waals surface area contributed by atoms with Crippen molar-refractivity contribution in [3.05, 3.63) is 63.4 Å². The van der Waals surface area contributed by atoms with E-state index in [1.54, 1.807) is 35.2 Å². The fourth-order valence-electron chi connectivity index (χ4n) is 3.89. The molecule has 0 spiro atoms. The number of hydrogen-bond acceptors (Lipinski definition) is 4. The molecule has 0 N–H and O–H groups in total. The lowest BCUT2D eigenvalue weighted by molar-refractivity contribution is -0.0858. The minimum absolute atomic E-state index is 0.0961. The molecule has 0 aromatic heterocycles. The zero-order chi connectivity index (χ0) is 20.5. The second-order valence-electron chi connectivity index (χ2n) is 7.22. The zero-order valence-electron chi connectivity index (χ0n) is 15.9. The lowest BCUT2D eigenvalue weighted by atomic mass is 10.0. The number of fused-ring (bicyclic) bond motifs is 1. The number of nitrogens with zero attached hydrogens (tertiary/aromatic N) is 2. The molecule has 2 aliphatic rings. The number of carbonyl (C=O) groups is 1. The highest BCUT2D eigenvalue weighted by Gasteiger charge is 2.36. The van der Waals surface area contributed by atoms with E-state index in [9.17, 15) is 9.18 Å². The Morgan fingerprint density at radius 3 is 2.79 bits per heavy atom. The molecule has 29 heavy (non-hydrogen) atoms. The molecule has 2 unspecified atom stereocenters. The van der Waals surface area contributed by atoms with Gasteiger partial charge in [-0.05, 0) is 29.8 Å². The third-order valence-electron chi connectivity index (χ3n) is 5.51. The quantitative estimate of drug-likeness (QED) is 0.724. The van der Waals surface area contributed by atoms with Crippen molar-refractivity contribution in [3.63, 3.8) is 0 Å². The molecule has 1 amide bonds. The first kappa shape index (κ1) is 20.4. The Morgan fingerprint density at radius 2 is 2.03 bits per heavy atom. The lowest BCUT2D eigenvalue weighted by Gasteiger charge is -2.46. The molecule has 2 aromatic carbocycles. The third-order valence-corrected chi connectivity index (χ3v) is 6.19. The molecule has 2 aromatic rings. The van der Waals surface area contributed by atoms with Gasteiger partial charge in [0, 0.05) is 26.2 Å². The first-order valence-corrected chi connectivity index (χ1v) is 10.2. The van der Waals surface area contributed by atoms with Crippen LogP contribution in [0.1, 0.15) is 22.0 Å². The number of morpholine rings is 1. The fourth-order valence-corrected chi connectivity index (χ4v) is 4.36. The summed E-state index contributed by atoms with van der Waals surface area (Å²) in [6.45, 7) is 3.04. The molecule has 2 heterocycles. The van der Waals surface area contributed by atoms with Gasteiger partial charge in [0.25, 0.3) is 5.91 Å². The molecular weight excluding hydrogens is 418 g/mol. The molecule has 0 bridgehead atoms. The number of halogens is 3. The number of hydrogen-bond donors (Lipinski definition) is 0.